The molecule has 0 radical (unpaired) electrons. The van der Waals surface area contributed by atoms with Crippen molar-refractivity contribution in [2.45, 2.75) is 33.7 Å². The van der Waals surface area contributed by atoms with Crippen LogP contribution in [0.3, 0.4) is 0 Å². The summed E-state index contributed by atoms with van der Waals surface area (Å²) in [5, 5.41) is 5.75. The molecule has 0 saturated carbocycles. The lowest BCUT2D eigenvalue weighted by molar-refractivity contribution is -0.124. The van der Waals surface area contributed by atoms with Crippen molar-refractivity contribution in [3.63, 3.8) is 0 Å². The number of benzene rings is 1. The van der Waals surface area contributed by atoms with E-state index in [1.165, 1.54) is 0 Å². The number of rotatable bonds is 9. The molecular formula is C18H29N3O3. The molecule has 1 aromatic carbocycles. The fraction of sp³-hybridized carbons (Fsp3) is 0.556. The molecule has 0 aliphatic heterocycles. The van der Waals surface area contributed by atoms with E-state index >= 15 is 0 Å². The molecule has 134 valence electrons. The Kier molecular flexibility index (Phi) is 8.43. The number of ether oxygens (including phenoxy) is 1. The first-order chi connectivity index (χ1) is 11.3. The van der Waals surface area contributed by atoms with E-state index in [4.69, 9.17) is 4.74 Å². The van der Waals surface area contributed by atoms with Gasteiger partial charge >= 0.3 is 0 Å². The van der Waals surface area contributed by atoms with Gasteiger partial charge in [-0.3, -0.25) is 14.5 Å². The Hall–Kier alpha value is -1.92. The normalized spacial score (nSPS) is 11.0. The fourth-order valence-electron chi connectivity index (χ4n) is 2.28. The molecule has 1 aromatic rings. The van der Waals surface area contributed by atoms with Crippen LogP contribution in [0.15, 0.2) is 18.2 Å². The van der Waals surface area contributed by atoms with Crippen LogP contribution in [0.4, 0.5) is 5.69 Å². The van der Waals surface area contributed by atoms with Crippen LogP contribution in [0.25, 0.3) is 0 Å². The van der Waals surface area contributed by atoms with Gasteiger partial charge in [0.2, 0.25) is 11.8 Å². The molecule has 2 N–H and O–H groups in total. The lowest BCUT2D eigenvalue weighted by atomic mass is 10.1. The zero-order valence-corrected chi connectivity index (χ0v) is 15.3. The van der Waals surface area contributed by atoms with Gasteiger partial charge in [-0.25, -0.2) is 0 Å². The molecule has 0 heterocycles. The molecule has 0 aliphatic carbocycles. The smallest absolute Gasteiger partial charge is 0.238 e. The van der Waals surface area contributed by atoms with Gasteiger partial charge in [0, 0.05) is 25.4 Å². The number of amides is 2. The minimum absolute atomic E-state index is 0.0746. The summed E-state index contributed by atoms with van der Waals surface area (Å²) in [6, 6.07) is 5.87. The summed E-state index contributed by atoms with van der Waals surface area (Å²) in [6.07, 6.45) is 0. The van der Waals surface area contributed by atoms with Crippen LogP contribution in [0.5, 0.6) is 0 Å². The molecule has 1 rings (SSSR count). The average Bonchev–Trinajstić information content (AvgIpc) is 2.48. The number of carbonyl (C=O) groups is 2. The Morgan fingerprint density at radius 1 is 1.17 bits per heavy atom. The van der Waals surface area contributed by atoms with E-state index < -0.39 is 0 Å². The van der Waals surface area contributed by atoms with Crippen molar-refractivity contribution in [3.8, 4) is 0 Å². The second kappa shape index (κ2) is 10.1. The summed E-state index contributed by atoms with van der Waals surface area (Å²) in [7, 11) is 1.60. The number of aryl methyl sites for hydroxylation is 1. The van der Waals surface area contributed by atoms with Gasteiger partial charge in [-0.05, 0) is 44.9 Å². The summed E-state index contributed by atoms with van der Waals surface area (Å²) in [5.74, 6) is -0.238. The summed E-state index contributed by atoms with van der Waals surface area (Å²) < 4.78 is 5.06. The molecule has 6 nitrogen and oxygen atoms in total. The van der Waals surface area contributed by atoms with Crippen molar-refractivity contribution in [3.05, 3.63) is 29.3 Å². The third-order valence-electron chi connectivity index (χ3n) is 3.67. The molecule has 0 bridgehead atoms. The Balaban J connectivity index is 2.65. The number of hydrogen-bond donors (Lipinski definition) is 2. The number of anilines is 1. The molecule has 0 atom stereocenters. The molecule has 0 fully saturated rings. The number of nitrogens with one attached hydrogen (secondary N) is 2. The van der Waals surface area contributed by atoms with Gasteiger partial charge < -0.3 is 15.4 Å². The summed E-state index contributed by atoms with van der Waals surface area (Å²) in [5.41, 5.74) is 2.98. The second-order valence-electron chi connectivity index (χ2n) is 6.22. The summed E-state index contributed by atoms with van der Waals surface area (Å²) in [4.78, 5) is 26.0. The Morgan fingerprint density at radius 3 is 2.46 bits per heavy atom. The summed E-state index contributed by atoms with van der Waals surface area (Å²) in [6.45, 7) is 9.09. The van der Waals surface area contributed by atoms with E-state index in [2.05, 4.69) is 10.6 Å². The van der Waals surface area contributed by atoms with E-state index in [0.29, 0.717) is 13.2 Å². The van der Waals surface area contributed by atoms with Crippen LogP contribution >= 0.6 is 0 Å². The van der Waals surface area contributed by atoms with Crippen LogP contribution < -0.4 is 10.6 Å². The predicted molar refractivity (Wildman–Crippen MR) is 96.1 cm³/mol. The first kappa shape index (κ1) is 20.1. The molecule has 24 heavy (non-hydrogen) atoms. The van der Waals surface area contributed by atoms with Crippen molar-refractivity contribution in [2.75, 3.05) is 38.7 Å². The molecule has 0 saturated heterocycles. The van der Waals surface area contributed by atoms with E-state index in [-0.39, 0.29) is 30.9 Å². The SMILES string of the molecule is COCCN(CC(=O)Nc1cccc(C)c1C)CC(=O)NC(C)C. The number of nitrogens with zero attached hydrogens (tertiary/aromatic N) is 1. The van der Waals surface area contributed by atoms with E-state index in [1.807, 2.05) is 45.9 Å². The Labute approximate surface area is 144 Å². The molecule has 0 aromatic heterocycles. The largest absolute Gasteiger partial charge is 0.383 e. The zero-order chi connectivity index (χ0) is 18.1. The number of methoxy groups -OCH3 is 1. The van der Waals surface area contributed by atoms with Crippen molar-refractivity contribution in [1.29, 1.82) is 0 Å². The van der Waals surface area contributed by atoms with E-state index in [9.17, 15) is 9.59 Å². The monoisotopic (exact) mass is 335 g/mol. The average molecular weight is 335 g/mol. The van der Waals surface area contributed by atoms with Gasteiger partial charge in [0.15, 0.2) is 0 Å². The highest BCUT2D eigenvalue weighted by molar-refractivity contribution is 5.93. The fourth-order valence-corrected chi connectivity index (χ4v) is 2.28. The Bertz CT molecular complexity index is 558. The highest BCUT2D eigenvalue weighted by Gasteiger charge is 2.15. The number of carbonyl (C=O) groups excluding carboxylic acids is 2. The lowest BCUT2D eigenvalue weighted by Crippen LogP contribution is -2.44. The highest BCUT2D eigenvalue weighted by atomic mass is 16.5. The van der Waals surface area contributed by atoms with Crippen molar-refractivity contribution in [2.24, 2.45) is 0 Å². The Morgan fingerprint density at radius 2 is 1.83 bits per heavy atom. The quantitative estimate of drug-likeness (QED) is 0.721. The van der Waals surface area contributed by atoms with Crippen LogP contribution in [-0.2, 0) is 14.3 Å². The van der Waals surface area contributed by atoms with Crippen molar-refractivity contribution >= 4 is 17.5 Å². The van der Waals surface area contributed by atoms with E-state index in [1.54, 1.807) is 12.0 Å². The third-order valence-corrected chi connectivity index (χ3v) is 3.67. The minimum Gasteiger partial charge on any atom is -0.383 e. The van der Waals surface area contributed by atoms with Crippen LogP contribution in [-0.4, -0.2) is 56.1 Å². The highest BCUT2D eigenvalue weighted by Crippen LogP contribution is 2.17. The zero-order valence-electron chi connectivity index (χ0n) is 15.3. The van der Waals surface area contributed by atoms with Gasteiger partial charge in [-0.2, -0.15) is 0 Å². The second-order valence-corrected chi connectivity index (χ2v) is 6.22. The van der Waals surface area contributed by atoms with Crippen molar-refractivity contribution in [1.82, 2.24) is 10.2 Å². The minimum atomic E-state index is -0.142. The molecule has 0 unspecified atom stereocenters. The van der Waals surface area contributed by atoms with Crippen LogP contribution in [0.1, 0.15) is 25.0 Å². The standard InChI is InChI=1S/C18H29N3O3/c1-13(2)19-17(22)11-21(9-10-24-5)12-18(23)20-16-8-6-7-14(3)15(16)4/h6-8,13H,9-12H2,1-5H3,(H,19,22)(H,20,23). The predicted octanol–water partition coefficient (Wildman–Crippen LogP) is 1.71. The van der Waals surface area contributed by atoms with Crippen LogP contribution in [0, 0.1) is 13.8 Å². The van der Waals surface area contributed by atoms with Gasteiger partial charge in [-0.1, -0.05) is 12.1 Å². The molecular weight excluding hydrogens is 306 g/mol. The lowest BCUT2D eigenvalue weighted by Gasteiger charge is -2.22. The molecule has 6 heteroatoms. The molecule has 0 spiro atoms. The van der Waals surface area contributed by atoms with Crippen LogP contribution in [0.2, 0.25) is 0 Å². The first-order valence-corrected chi connectivity index (χ1v) is 8.20. The third kappa shape index (κ3) is 7.10. The maximum absolute atomic E-state index is 12.3. The molecule has 2 amide bonds. The first-order valence-electron chi connectivity index (χ1n) is 8.20. The van der Waals surface area contributed by atoms with Gasteiger partial charge in [-0.15, -0.1) is 0 Å². The van der Waals surface area contributed by atoms with Gasteiger partial charge in [0.05, 0.1) is 19.7 Å². The maximum atomic E-state index is 12.3. The summed E-state index contributed by atoms with van der Waals surface area (Å²) >= 11 is 0. The van der Waals surface area contributed by atoms with E-state index in [0.717, 1.165) is 16.8 Å². The topological polar surface area (TPSA) is 70.7 Å². The van der Waals surface area contributed by atoms with Crippen molar-refractivity contribution < 1.29 is 14.3 Å². The number of hydrogen-bond acceptors (Lipinski definition) is 4. The maximum Gasteiger partial charge on any atom is 0.238 e. The van der Waals surface area contributed by atoms with Gasteiger partial charge in [0.25, 0.3) is 0 Å². The molecule has 0 aliphatic rings. The van der Waals surface area contributed by atoms with Gasteiger partial charge in [0.1, 0.15) is 0 Å².